The molecule has 38 valence electrons. The number of nitrogens with zero attached hydrogens (tertiary/aromatic N) is 1. The van der Waals surface area contributed by atoms with Crippen LogP contribution in [0.4, 0.5) is 0 Å². The Kier molecular flexibility index (Phi) is 1.27. The summed E-state index contributed by atoms with van der Waals surface area (Å²) >= 11 is 1.85. The predicted molar refractivity (Wildman–Crippen MR) is 32.4 cm³/mol. The van der Waals surface area contributed by atoms with Crippen LogP contribution in [0.3, 0.4) is 0 Å². The Bertz CT molecular complexity index is 131. The number of halogens is 1. The molecule has 4 heteroatoms. The summed E-state index contributed by atoms with van der Waals surface area (Å²) in [7, 11) is 0. The molecule has 3 nitrogen and oxygen atoms in total. The minimum Gasteiger partial charge on any atom is -0.401 e. The van der Waals surface area contributed by atoms with Gasteiger partial charge in [0, 0.05) is 22.6 Å². The summed E-state index contributed by atoms with van der Waals surface area (Å²) in [6, 6.07) is 0. The Morgan fingerprint density at radius 1 is 1.86 bits per heavy atom. The molecule has 0 saturated carbocycles. The Hall–Kier alpha value is -0.130. The van der Waals surface area contributed by atoms with E-state index in [0.717, 1.165) is 0 Å². The zero-order chi connectivity index (χ0) is 5.28. The largest absolute Gasteiger partial charge is 0.401 e. The van der Waals surface area contributed by atoms with Crippen LogP contribution in [0.15, 0.2) is 4.99 Å². The van der Waals surface area contributed by atoms with Crippen LogP contribution in [0.25, 0.3) is 0 Å². The van der Waals surface area contributed by atoms with Gasteiger partial charge in [-0.05, 0) is 0 Å². The standard InChI is InChI=1S/C3H2INO2/c4-3-5-1-2(6)7-3/h1H2. The SMILES string of the molecule is O=C1CN=C(I)O1. The summed E-state index contributed by atoms with van der Waals surface area (Å²) in [6.07, 6.45) is 0. The first kappa shape index (κ1) is 5.02. The Morgan fingerprint density at radius 2 is 2.57 bits per heavy atom. The van der Waals surface area contributed by atoms with Gasteiger partial charge in [0.15, 0.2) is 0 Å². The van der Waals surface area contributed by atoms with Gasteiger partial charge < -0.3 is 4.74 Å². The van der Waals surface area contributed by atoms with Crippen molar-refractivity contribution in [2.75, 3.05) is 6.54 Å². The minimum absolute atomic E-state index is 0.193. The molecule has 0 bridgehead atoms. The molecule has 0 spiro atoms. The summed E-state index contributed by atoms with van der Waals surface area (Å²) < 4.78 is 4.91. The quantitative estimate of drug-likeness (QED) is 0.427. The van der Waals surface area contributed by atoms with E-state index >= 15 is 0 Å². The van der Waals surface area contributed by atoms with Crippen molar-refractivity contribution in [3.8, 4) is 0 Å². The second-order valence-electron chi connectivity index (χ2n) is 1.04. The van der Waals surface area contributed by atoms with Gasteiger partial charge in [-0.25, -0.2) is 9.79 Å². The van der Waals surface area contributed by atoms with E-state index in [0.29, 0.717) is 3.90 Å². The van der Waals surface area contributed by atoms with E-state index < -0.39 is 0 Å². The summed E-state index contributed by atoms with van der Waals surface area (Å²) in [5, 5.41) is 0. The molecule has 0 fully saturated rings. The van der Waals surface area contributed by atoms with Crippen molar-refractivity contribution < 1.29 is 9.53 Å². The van der Waals surface area contributed by atoms with Gasteiger partial charge in [0.2, 0.25) is 0 Å². The van der Waals surface area contributed by atoms with Crippen molar-refractivity contribution in [2.45, 2.75) is 0 Å². The van der Waals surface area contributed by atoms with Crippen LogP contribution in [0.2, 0.25) is 0 Å². The number of carbonyl (C=O) groups excluding carboxylic acids is 1. The highest BCUT2D eigenvalue weighted by atomic mass is 127. The van der Waals surface area contributed by atoms with Crippen LogP contribution in [-0.2, 0) is 9.53 Å². The number of hydrogen-bond acceptors (Lipinski definition) is 3. The zero-order valence-electron chi connectivity index (χ0n) is 3.35. The van der Waals surface area contributed by atoms with E-state index in [-0.39, 0.29) is 12.5 Å². The fraction of sp³-hybridized carbons (Fsp3) is 0.333. The van der Waals surface area contributed by atoms with Gasteiger partial charge in [-0.2, -0.15) is 0 Å². The molecule has 1 aliphatic heterocycles. The van der Waals surface area contributed by atoms with E-state index in [1.807, 2.05) is 22.6 Å². The van der Waals surface area contributed by atoms with Crippen LogP contribution >= 0.6 is 22.6 Å². The van der Waals surface area contributed by atoms with Crippen molar-refractivity contribution in [3.05, 3.63) is 0 Å². The maximum Gasteiger partial charge on any atom is 0.334 e. The number of rotatable bonds is 0. The number of hydrogen-bond donors (Lipinski definition) is 0. The van der Waals surface area contributed by atoms with Crippen molar-refractivity contribution in [1.82, 2.24) is 0 Å². The molecule has 0 amide bonds. The third kappa shape index (κ3) is 1.12. The van der Waals surface area contributed by atoms with Crippen molar-refractivity contribution in [1.29, 1.82) is 0 Å². The second kappa shape index (κ2) is 1.77. The lowest BCUT2D eigenvalue weighted by molar-refractivity contribution is -0.132. The topological polar surface area (TPSA) is 38.7 Å². The average molecular weight is 211 g/mol. The van der Waals surface area contributed by atoms with Crippen LogP contribution in [0.1, 0.15) is 0 Å². The first-order valence-electron chi connectivity index (χ1n) is 1.69. The number of esters is 1. The smallest absolute Gasteiger partial charge is 0.334 e. The van der Waals surface area contributed by atoms with E-state index in [1.165, 1.54) is 0 Å². The molecule has 7 heavy (non-hydrogen) atoms. The Morgan fingerprint density at radius 3 is 2.71 bits per heavy atom. The van der Waals surface area contributed by atoms with Gasteiger partial charge in [0.05, 0.1) is 0 Å². The molecule has 0 aromatic heterocycles. The van der Waals surface area contributed by atoms with Gasteiger partial charge >= 0.3 is 5.97 Å². The van der Waals surface area contributed by atoms with Gasteiger partial charge in [0.25, 0.3) is 3.90 Å². The normalized spacial score (nSPS) is 19.0. The molecule has 0 unspecified atom stereocenters. The first-order valence-corrected chi connectivity index (χ1v) is 2.77. The number of cyclic esters (lactones) is 1. The second-order valence-corrected chi connectivity index (χ2v) is 1.97. The van der Waals surface area contributed by atoms with E-state index in [4.69, 9.17) is 0 Å². The summed E-state index contributed by atoms with van der Waals surface area (Å²) in [4.78, 5) is 13.8. The molecule has 1 aliphatic rings. The molecule has 0 aliphatic carbocycles. The fourth-order valence-electron chi connectivity index (χ4n) is 0.285. The van der Waals surface area contributed by atoms with Gasteiger partial charge in [-0.3, -0.25) is 0 Å². The maximum absolute atomic E-state index is 10.1. The number of carbonyl (C=O) groups is 1. The van der Waals surface area contributed by atoms with Crippen LogP contribution in [0.5, 0.6) is 0 Å². The summed E-state index contributed by atoms with van der Waals surface area (Å²) in [5.74, 6) is -0.260. The van der Waals surface area contributed by atoms with E-state index in [1.54, 1.807) is 0 Å². The van der Waals surface area contributed by atoms with Crippen LogP contribution < -0.4 is 0 Å². The maximum atomic E-state index is 10.1. The van der Waals surface area contributed by atoms with E-state index in [9.17, 15) is 4.79 Å². The number of aliphatic imine (C=N–C) groups is 1. The van der Waals surface area contributed by atoms with Gasteiger partial charge in [0.1, 0.15) is 6.54 Å². The molecule has 0 atom stereocenters. The monoisotopic (exact) mass is 211 g/mol. The molecule has 1 heterocycles. The predicted octanol–water partition coefficient (Wildman–Crippen LogP) is 0.334. The van der Waals surface area contributed by atoms with E-state index in [2.05, 4.69) is 9.73 Å². The minimum atomic E-state index is -0.260. The van der Waals surface area contributed by atoms with Crippen molar-refractivity contribution in [2.24, 2.45) is 4.99 Å². The lowest BCUT2D eigenvalue weighted by atomic mass is 10.7. The summed E-state index contributed by atoms with van der Waals surface area (Å²) in [6.45, 7) is 0.193. The van der Waals surface area contributed by atoms with Crippen molar-refractivity contribution >= 4 is 32.5 Å². The lowest BCUT2D eigenvalue weighted by Crippen LogP contribution is -1.98. The highest BCUT2D eigenvalue weighted by Crippen LogP contribution is 2.01. The first-order chi connectivity index (χ1) is 3.29. The Labute approximate surface area is 53.9 Å². The molecule has 0 aromatic rings. The number of ether oxygens (including phenoxy) is 1. The molecule has 0 saturated heterocycles. The lowest BCUT2D eigenvalue weighted by Gasteiger charge is -1.82. The zero-order valence-corrected chi connectivity index (χ0v) is 5.51. The fourth-order valence-corrected chi connectivity index (χ4v) is 0.701. The van der Waals surface area contributed by atoms with Gasteiger partial charge in [-0.1, -0.05) is 0 Å². The van der Waals surface area contributed by atoms with Crippen LogP contribution in [0, 0.1) is 0 Å². The third-order valence-corrected chi connectivity index (χ3v) is 1.09. The molecule has 0 radical (unpaired) electrons. The third-order valence-electron chi connectivity index (χ3n) is 0.531. The Balaban J connectivity index is 2.58. The van der Waals surface area contributed by atoms with Gasteiger partial charge in [-0.15, -0.1) is 0 Å². The average Bonchev–Trinajstić information content (AvgIpc) is 1.87. The van der Waals surface area contributed by atoms with Crippen molar-refractivity contribution in [3.63, 3.8) is 0 Å². The molecular formula is C3H2INO2. The molecular weight excluding hydrogens is 209 g/mol. The molecule has 1 rings (SSSR count). The highest BCUT2D eigenvalue weighted by Gasteiger charge is 2.11. The summed E-state index contributed by atoms with van der Waals surface area (Å²) in [5.41, 5.74) is 0. The highest BCUT2D eigenvalue weighted by molar-refractivity contribution is 14.1. The van der Waals surface area contributed by atoms with Crippen LogP contribution in [-0.4, -0.2) is 16.4 Å². The molecule has 0 aromatic carbocycles. The molecule has 0 N–H and O–H groups in total.